The molecule has 12 N–H and O–H groups in total. The summed E-state index contributed by atoms with van der Waals surface area (Å²) < 4.78 is 34.1. The van der Waals surface area contributed by atoms with E-state index in [2.05, 4.69) is 55.6 Å². The van der Waals surface area contributed by atoms with Gasteiger partial charge in [-0.15, -0.1) is 0 Å². The predicted molar refractivity (Wildman–Crippen MR) is 286 cm³/mol. The van der Waals surface area contributed by atoms with E-state index in [0.29, 0.717) is 12.8 Å². The molecule has 1 amide bonds. The van der Waals surface area contributed by atoms with E-state index < -0.39 is 137 Å². The van der Waals surface area contributed by atoms with Crippen molar-refractivity contribution >= 4 is 5.91 Å². The van der Waals surface area contributed by atoms with Crippen molar-refractivity contribution in [2.75, 3.05) is 26.4 Å². The predicted octanol–water partition coefficient (Wildman–Crippen LogP) is 3.87. The second-order valence-corrected chi connectivity index (χ2v) is 20.0. The summed E-state index contributed by atoms with van der Waals surface area (Å²) in [6.45, 7) is 1.50. The number of nitrogens with one attached hydrogen (secondary N) is 1. The average molecular weight is 1080 g/mol. The molecule has 3 aliphatic rings. The number of aliphatic hydroxyl groups excluding tert-OH is 11. The van der Waals surface area contributed by atoms with Crippen LogP contribution in [-0.4, -0.2) is 193 Å². The van der Waals surface area contributed by atoms with Gasteiger partial charge in [0, 0.05) is 6.42 Å². The lowest BCUT2D eigenvalue weighted by Crippen LogP contribution is -2.66. The Labute approximate surface area is 451 Å². The molecule has 0 spiro atoms. The number of allylic oxidation sites excluding steroid dienone is 10. The first-order chi connectivity index (χ1) is 36.8. The Balaban J connectivity index is 1.57. The summed E-state index contributed by atoms with van der Waals surface area (Å²) in [6, 6.07) is -1.03. The number of hydrogen-bond donors (Lipinski definition) is 12. The molecule has 3 saturated heterocycles. The number of hydrogen-bond acceptors (Lipinski definition) is 18. The van der Waals surface area contributed by atoms with E-state index in [9.17, 15) is 61.0 Å². The van der Waals surface area contributed by atoms with Crippen molar-refractivity contribution in [3.8, 4) is 0 Å². The van der Waals surface area contributed by atoms with Gasteiger partial charge in [-0.25, -0.2) is 0 Å². The third kappa shape index (κ3) is 24.7. The minimum atomic E-state index is -1.99. The summed E-state index contributed by atoms with van der Waals surface area (Å²) in [6.07, 6.45) is 19.2. The van der Waals surface area contributed by atoms with Crippen LogP contribution < -0.4 is 5.32 Å². The smallest absolute Gasteiger partial charge is 0.224 e. The van der Waals surface area contributed by atoms with Gasteiger partial charge in [-0.3, -0.25) is 4.79 Å². The molecule has 76 heavy (non-hydrogen) atoms. The fourth-order valence-electron chi connectivity index (χ4n) is 9.14. The molecule has 0 saturated carbocycles. The number of rotatable bonds is 39. The van der Waals surface area contributed by atoms with Crippen molar-refractivity contribution in [2.24, 2.45) is 0 Å². The van der Waals surface area contributed by atoms with Crippen LogP contribution in [0, 0.1) is 0 Å². The SMILES string of the molecule is CC/C=C\C/C=C\C/C=C\C/C=C\C/C=C\CC(=O)NC(COC1OC(CO)C(OC2OC(CO)C(OC3OC(CO)C(O)C(O)C3O)C(O)C2O)C(O)C1O)C(O)/C=C/CCCCCCCCCCCCCCCC. The Morgan fingerprint density at radius 3 is 1.37 bits per heavy atom. The highest BCUT2D eigenvalue weighted by Crippen LogP contribution is 2.33. The molecule has 3 aliphatic heterocycles. The molecule has 3 fully saturated rings. The van der Waals surface area contributed by atoms with Gasteiger partial charge in [0.05, 0.1) is 38.6 Å². The summed E-state index contributed by atoms with van der Waals surface area (Å²) in [7, 11) is 0. The van der Waals surface area contributed by atoms with Crippen molar-refractivity contribution in [3.63, 3.8) is 0 Å². The largest absolute Gasteiger partial charge is 0.394 e. The maximum atomic E-state index is 13.2. The summed E-state index contributed by atoms with van der Waals surface area (Å²) in [5, 5.41) is 120. The van der Waals surface area contributed by atoms with Gasteiger partial charge in [0.2, 0.25) is 5.91 Å². The molecule has 0 bridgehead atoms. The average Bonchev–Trinajstić information content (AvgIpc) is 3.41. The molecule has 438 valence electrons. The highest BCUT2D eigenvalue weighted by Gasteiger charge is 2.53. The standard InChI is InChI=1S/C57H97NO18/c1-3-5-7-9-11-13-15-17-19-21-22-24-26-28-30-32-34-41(62)40(58-45(63)35-33-31-29-27-25-23-20-18-16-14-12-10-8-6-4-2)39-71-55-51(69)48(66)53(43(37-60)73-55)76-57-52(70)49(67)54(44(38-61)74-57)75-56-50(68)47(65)46(64)42(36-59)72-56/h6,8,12,14,18,20,25,27,31-34,40-44,46-57,59-62,64-70H,3-5,7,9-11,13,15-17,19,21-24,26,28-30,35-39H2,1-2H3,(H,58,63)/b8-6-,14-12-,20-18-,27-25-,33-31-,34-32+. The van der Waals surface area contributed by atoms with Gasteiger partial charge in [-0.2, -0.15) is 0 Å². The van der Waals surface area contributed by atoms with Crippen molar-refractivity contribution in [1.82, 2.24) is 5.32 Å². The van der Waals surface area contributed by atoms with Crippen LogP contribution in [0.15, 0.2) is 72.9 Å². The number of carbonyl (C=O) groups is 1. The van der Waals surface area contributed by atoms with Crippen LogP contribution in [-0.2, 0) is 33.2 Å². The molecule has 3 rings (SSSR count). The zero-order chi connectivity index (χ0) is 55.5. The van der Waals surface area contributed by atoms with Gasteiger partial charge in [-0.1, -0.05) is 170 Å². The second-order valence-electron chi connectivity index (χ2n) is 20.0. The van der Waals surface area contributed by atoms with Gasteiger partial charge in [0.1, 0.15) is 73.2 Å². The number of unbranched alkanes of at least 4 members (excludes halogenated alkanes) is 14. The summed E-state index contributed by atoms with van der Waals surface area (Å²) in [5.41, 5.74) is 0. The van der Waals surface area contributed by atoms with Crippen LogP contribution in [0.25, 0.3) is 0 Å². The Bertz CT molecular complexity index is 1670. The molecule has 3 heterocycles. The van der Waals surface area contributed by atoms with Gasteiger partial charge in [-0.05, 0) is 44.9 Å². The first kappa shape index (κ1) is 67.5. The van der Waals surface area contributed by atoms with Crippen LogP contribution in [0.2, 0.25) is 0 Å². The first-order valence-corrected chi connectivity index (χ1v) is 28.2. The number of ether oxygens (including phenoxy) is 6. The van der Waals surface area contributed by atoms with E-state index in [1.807, 2.05) is 24.3 Å². The molecule has 0 aromatic rings. The second kappa shape index (κ2) is 40.4. The lowest BCUT2D eigenvalue weighted by Gasteiger charge is -2.48. The minimum absolute atomic E-state index is 0.00786. The van der Waals surface area contributed by atoms with Crippen LogP contribution >= 0.6 is 0 Å². The molecule has 17 atom stereocenters. The fraction of sp³-hybridized carbons (Fsp3) is 0.772. The minimum Gasteiger partial charge on any atom is -0.394 e. The Morgan fingerprint density at radius 2 is 0.895 bits per heavy atom. The molecular formula is C57H97NO18. The molecule has 19 nitrogen and oxygen atoms in total. The number of aliphatic hydroxyl groups is 11. The molecule has 19 heteroatoms. The lowest BCUT2D eigenvalue weighted by atomic mass is 9.96. The summed E-state index contributed by atoms with van der Waals surface area (Å²) in [5.74, 6) is -0.406. The topological polar surface area (TPSA) is 307 Å². The molecule has 17 unspecified atom stereocenters. The van der Waals surface area contributed by atoms with Crippen LogP contribution in [0.3, 0.4) is 0 Å². The van der Waals surface area contributed by atoms with Crippen LogP contribution in [0.1, 0.15) is 149 Å². The van der Waals surface area contributed by atoms with Gasteiger partial charge in [0.25, 0.3) is 0 Å². The van der Waals surface area contributed by atoms with E-state index in [4.69, 9.17) is 28.4 Å². The van der Waals surface area contributed by atoms with Crippen LogP contribution in [0.4, 0.5) is 0 Å². The Morgan fingerprint density at radius 1 is 0.487 bits per heavy atom. The maximum Gasteiger partial charge on any atom is 0.224 e. The fourth-order valence-corrected chi connectivity index (χ4v) is 9.14. The normalized spacial score (nSPS) is 31.5. The maximum absolute atomic E-state index is 13.2. The van der Waals surface area contributed by atoms with Crippen molar-refractivity contribution in [3.05, 3.63) is 72.9 Å². The van der Waals surface area contributed by atoms with Gasteiger partial charge in [0.15, 0.2) is 18.9 Å². The molecule has 0 aromatic carbocycles. The van der Waals surface area contributed by atoms with Crippen molar-refractivity contribution in [2.45, 2.75) is 253 Å². The zero-order valence-corrected chi connectivity index (χ0v) is 45.2. The third-order valence-corrected chi connectivity index (χ3v) is 13.8. The molecule has 0 aliphatic carbocycles. The van der Waals surface area contributed by atoms with Crippen molar-refractivity contribution < 1.29 is 89.4 Å². The lowest BCUT2D eigenvalue weighted by molar-refractivity contribution is -0.379. The number of amides is 1. The zero-order valence-electron chi connectivity index (χ0n) is 45.2. The highest BCUT2D eigenvalue weighted by molar-refractivity contribution is 5.77. The van der Waals surface area contributed by atoms with E-state index in [0.717, 1.165) is 44.9 Å². The molecule has 0 radical (unpaired) electrons. The summed E-state index contributed by atoms with van der Waals surface area (Å²) >= 11 is 0. The first-order valence-electron chi connectivity index (χ1n) is 28.2. The summed E-state index contributed by atoms with van der Waals surface area (Å²) in [4.78, 5) is 13.2. The Kier molecular flexibility index (Phi) is 35.9. The Hall–Kier alpha value is -2.77. The van der Waals surface area contributed by atoms with Gasteiger partial charge < -0.3 is 89.9 Å². The van der Waals surface area contributed by atoms with E-state index >= 15 is 0 Å². The van der Waals surface area contributed by atoms with E-state index in [1.54, 1.807) is 12.2 Å². The van der Waals surface area contributed by atoms with E-state index in [-0.39, 0.29) is 6.42 Å². The third-order valence-electron chi connectivity index (χ3n) is 13.8. The quantitative estimate of drug-likeness (QED) is 0.0307. The van der Waals surface area contributed by atoms with Crippen LogP contribution in [0.5, 0.6) is 0 Å². The monoisotopic (exact) mass is 1080 g/mol. The highest BCUT2D eigenvalue weighted by atomic mass is 16.8. The number of carbonyl (C=O) groups excluding carboxylic acids is 1. The molecular weight excluding hydrogens is 987 g/mol. The van der Waals surface area contributed by atoms with Crippen molar-refractivity contribution in [1.29, 1.82) is 0 Å². The van der Waals surface area contributed by atoms with Gasteiger partial charge >= 0.3 is 0 Å². The van der Waals surface area contributed by atoms with E-state index in [1.165, 1.54) is 70.6 Å². The molecule has 0 aromatic heterocycles.